The summed E-state index contributed by atoms with van der Waals surface area (Å²) in [7, 11) is 0. The number of nitrogens with one attached hydrogen (secondary N) is 1. The molecule has 0 radical (unpaired) electrons. The molecule has 126 valence electrons. The van der Waals surface area contributed by atoms with Crippen LogP contribution in [0.3, 0.4) is 0 Å². The summed E-state index contributed by atoms with van der Waals surface area (Å²) in [6, 6.07) is 2.75. The molecule has 2 N–H and O–H groups in total. The molecule has 3 nitrogen and oxygen atoms in total. The maximum absolute atomic E-state index is 14.2. The Kier molecular flexibility index (Phi) is 9.58. The Hall–Kier alpha value is -0.330. The normalized spacial score (nSPS) is 16.3. The molecule has 1 atom stereocenters. The van der Waals surface area contributed by atoms with Crippen LogP contribution in [0.4, 0.5) is 4.39 Å². The number of aromatic hydroxyl groups is 1. The second kappa shape index (κ2) is 9.73. The maximum Gasteiger partial charge on any atom is 0.137 e. The van der Waals surface area contributed by atoms with Gasteiger partial charge in [0.1, 0.15) is 11.6 Å². The van der Waals surface area contributed by atoms with Gasteiger partial charge in [0.05, 0.1) is 4.47 Å². The zero-order valence-electron chi connectivity index (χ0n) is 12.4. The molecule has 1 heterocycles. The Bertz CT molecular complexity index is 511. The first kappa shape index (κ1) is 21.7. The van der Waals surface area contributed by atoms with Crippen molar-refractivity contribution in [3.8, 4) is 5.75 Å². The van der Waals surface area contributed by atoms with Gasteiger partial charge in [-0.05, 0) is 41.4 Å². The van der Waals surface area contributed by atoms with E-state index in [1.165, 1.54) is 12.1 Å². The first-order chi connectivity index (χ1) is 9.50. The molecule has 1 aromatic carbocycles. The Labute approximate surface area is 151 Å². The molecule has 22 heavy (non-hydrogen) atoms. The summed E-state index contributed by atoms with van der Waals surface area (Å²) < 4.78 is 14.8. The molecular formula is C15H22BrCl2FN2O. The zero-order valence-corrected chi connectivity index (χ0v) is 15.7. The van der Waals surface area contributed by atoms with Gasteiger partial charge >= 0.3 is 0 Å². The largest absolute Gasteiger partial charge is 0.506 e. The van der Waals surface area contributed by atoms with E-state index in [-0.39, 0.29) is 42.4 Å². The van der Waals surface area contributed by atoms with Crippen LogP contribution < -0.4 is 5.32 Å². The Morgan fingerprint density at radius 2 is 2.00 bits per heavy atom. The van der Waals surface area contributed by atoms with E-state index in [4.69, 9.17) is 0 Å². The smallest absolute Gasteiger partial charge is 0.137 e. The van der Waals surface area contributed by atoms with E-state index in [1.54, 1.807) is 0 Å². The van der Waals surface area contributed by atoms with Gasteiger partial charge in [-0.15, -0.1) is 31.4 Å². The van der Waals surface area contributed by atoms with E-state index in [9.17, 15) is 9.50 Å². The van der Waals surface area contributed by atoms with Crippen molar-refractivity contribution < 1.29 is 9.50 Å². The standard InChI is InChI=1S/C15H20BrFN2O.2ClH/c1-10(2)9-13(19-7-5-18-6-8-19)14-12(17)4-3-11(16)15(14)20;;/h3-4,13,18,20H,1,5-9H2,2H3;2*1H/t13-;;/m1../s1. The fraction of sp³-hybridized carbons (Fsp3) is 0.467. The van der Waals surface area contributed by atoms with Gasteiger partial charge < -0.3 is 10.4 Å². The van der Waals surface area contributed by atoms with Crippen molar-refractivity contribution in [2.75, 3.05) is 26.2 Å². The topological polar surface area (TPSA) is 35.5 Å². The number of piperazine rings is 1. The molecule has 1 aromatic rings. The van der Waals surface area contributed by atoms with Crippen LogP contribution >= 0.6 is 40.7 Å². The molecule has 7 heteroatoms. The lowest BCUT2D eigenvalue weighted by atomic mass is 9.96. The molecule has 1 aliphatic heterocycles. The van der Waals surface area contributed by atoms with Crippen molar-refractivity contribution in [1.29, 1.82) is 0 Å². The minimum Gasteiger partial charge on any atom is -0.506 e. The summed E-state index contributed by atoms with van der Waals surface area (Å²) in [5.74, 6) is -0.370. The minimum atomic E-state index is -0.365. The molecule has 1 saturated heterocycles. The van der Waals surface area contributed by atoms with Crippen LogP contribution in [0.15, 0.2) is 28.8 Å². The first-order valence-corrected chi connectivity index (χ1v) is 7.56. The van der Waals surface area contributed by atoms with E-state index in [2.05, 4.69) is 32.7 Å². The van der Waals surface area contributed by atoms with Gasteiger partial charge in [-0.1, -0.05) is 5.57 Å². The van der Waals surface area contributed by atoms with Crippen molar-refractivity contribution in [3.05, 3.63) is 40.1 Å². The summed E-state index contributed by atoms with van der Waals surface area (Å²) in [5, 5.41) is 13.5. The van der Waals surface area contributed by atoms with Gasteiger partial charge in [-0.3, -0.25) is 4.90 Å². The number of halogens is 4. The van der Waals surface area contributed by atoms with E-state index < -0.39 is 0 Å². The van der Waals surface area contributed by atoms with Crippen LogP contribution in [0, 0.1) is 5.82 Å². The van der Waals surface area contributed by atoms with Gasteiger partial charge in [-0.2, -0.15) is 0 Å². The maximum atomic E-state index is 14.2. The van der Waals surface area contributed by atoms with Gasteiger partial charge in [0.25, 0.3) is 0 Å². The number of nitrogens with zero attached hydrogens (tertiary/aromatic N) is 1. The van der Waals surface area contributed by atoms with Crippen LogP contribution in [0.1, 0.15) is 24.9 Å². The number of hydrogen-bond donors (Lipinski definition) is 2. The summed E-state index contributed by atoms with van der Waals surface area (Å²) in [4.78, 5) is 2.20. The summed E-state index contributed by atoms with van der Waals surface area (Å²) in [5.41, 5.74) is 1.34. The predicted molar refractivity (Wildman–Crippen MR) is 96.9 cm³/mol. The number of phenols is 1. The van der Waals surface area contributed by atoms with Gasteiger partial charge in [-0.25, -0.2) is 4.39 Å². The second-order valence-electron chi connectivity index (χ2n) is 5.25. The number of phenolic OH excluding ortho intramolecular Hbond substituents is 1. The summed E-state index contributed by atoms with van der Waals surface area (Å²) >= 11 is 3.27. The lowest BCUT2D eigenvalue weighted by Gasteiger charge is -2.36. The molecule has 0 bridgehead atoms. The van der Waals surface area contributed by atoms with E-state index in [1.807, 2.05) is 6.92 Å². The molecule has 0 spiro atoms. The van der Waals surface area contributed by atoms with E-state index in [0.29, 0.717) is 16.5 Å². The van der Waals surface area contributed by atoms with Crippen molar-refractivity contribution in [3.63, 3.8) is 0 Å². The molecule has 0 unspecified atom stereocenters. The molecule has 2 rings (SSSR count). The SMILES string of the molecule is C=C(C)C[C@H](c1c(F)ccc(Br)c1O)N1CCNCC1.Cl.Cl. The highest BCUT2D eigenvalue weighted by Crippen LogP contribution is 2.39. The van der Waals surface area contributed by atoms with Gasteiger partial charge in [0.2, 0.25) is 0 Å². The Balaban J connectivity index is 0.00000220. The quantitative estimate of drug-likeness (QED) is 0.728. The van der Waals surface area contributed by atoms with Crippen LogP contribution in [0.25, 0.3) is 0 Å². The highest BCUT2D eigenvalue weighted by molar-refractivity contribution is 9.10. The molecule has 0 aliphatic carbocycles. The fourth-order valence-electron chi connectivity index (χ4n) is 2.61. The van der Waals surface area contributed by atoms with Crippen LogP contribution in [0.2, 0.25) is 0 Å². The molecule has 1 fully saturated rings. The number of hydrogen-bond acceptors (Lipinski definition) is 3. The van der Waals surface area contributed by atoms with E-state index >= 15 is 0 Å². The van der Waals surface area contributed by atoms with E-state index in [0.717, 1.165) is 31.8 Å². The van der Waals surface area contributed by atoms with Gasteiger partial charge in [0.15, 0.2) is 0 Å². The highest BCUT2D eigenvalue weighted by Gasteiger charge is 2.28. The summed E-state index contributed by atoms with van der Waals surface area (Å²) in [6.45, 7) is 9.30. The first-order valence-electron chi connectivity index (χ1n) is 6.76. The van der Waals surface area contributed by atoms with Crippen LogP contribution in [0.5, 0.6) is 5.75 Å². The number of benzene rings is 1. The van der Waals surface area contributed by atoms with Crippen molar-refractivity contribution in [2.24, 2.45) is 0 Å². The lowest BCUT2D eigenvalue weighted by molar-refractivity contribution is 0.166. The third-order valence-corrected chi connectivity index (χ3v) is 4.22. The van der Waals surface area contributed by atoms with Crippen molar-refractivity contribution in [1.82, 2.24) is 10.2 Å². The third-order valence-electron chi connectivity index (χ3n) is 3.58. The molecule has 0 aromatic heterocycles. The van der Waals surface area contributed by atoms with Crippen LogP contribution in [-0.2, 0) is 0 Å². The Morgan fingerprint density at radius 3 is 2.55 bits per heavy atom. The molecule has 1 aliphatic rings. The highest BCUT2D eigenvalue weighted by atomic mass is 79.9. The predicted octanol–water partition coefficient (Wildman–Crippen LogP) is 4.05. The minimum absolute atomic E-state index is 0. The second-order valence-corrected chi connectivity index (χ2v) is 6.11. The Morgan fingerprint density at radius 1 is 1.41 bits per heavy atom. The molecule has 0 amide bonds. The third kappa shape index (κ3) is 5.10. The number of rotatable bonds is 4. The zero-order chi connectivity index (χ0) is 14.7. The average Bonchev–Trinajstić information content (AvgIpc) is 2.43. The van der Waals surface area contributed by atoms with Crippen LogP contribution in [-0.4, -0.2) is 36.2 Å². The molecule has 0 saturated carbocycles. The molecular weight excluding hydrogens is 394 g/mol. The fourth-order valence-corrected chi connectivity index (χ4v) is 2.96. The van der Waals surface area contributed by atoms with Gasteiger partial charge in [0, 0.05) is 37.8 Å². The average molecular weight is 416 g/mol. The monoisotopic (exact) mass is 414 g/mol. The van der Waals surface area contributed by atoms with Crippen molar-refractivity contribution in [2.45, 2.75) is 19.4 Å². The lowest BCUT2D eigenvalue weighted by Crippen LogP contribution is -2.45. The van der Waals surface area contributed by atoms with Crippen molar-refractivity contribution >= 4 is 40.7 Å². The summed E-state index contributed by atoms with van der Waals surface area (Å²) in [6.07, 6.45) is 0.640.